The van der Waals surface area contributed by atoms with Crippen molar-refractivity contribution in [1.29, 1.82) is 0 Å². The van der Waals surface area contributed by atoms with Gasteiger partial charge >= 0.3 is 6.03 Å². The molecule has 2 aliphatic heterocycles. The van der Waals surface area contributed by atoms with Gasteiger partial charge in [0.2, 0.25) is 15.9 Å². The van der Waals surface area contributed by atoms with Crippen molar-refractivity contribution in [3.63, 3.8) is 0 Å². The summed E-state index contributed by atoms with van der Waals surface area (Å²) in [5.41, 5.74) is -0.291. The molecule has 0 unspecified atom stereocenters. The molecule has 2 saturated heterocycles. The summed E-state index contributed by atoms with van der Waals surface area (Å²) < 4.78 is 32.6. The molecule has 3 amide bonds. The molecule has 2 N–H and O–H groups in total. The number of hydrogen-bond donors (Lipinski definition) is 2. The monoisotopic (exact) mass is 410 g/mol. The van der Waals surface area contributed by atoms with Crippen LogP contribution in [0, 0.1) is 0 Å². The Morgan fingerprint density at radius 1 is 1.29 bits per heavy atom. The Bertz CT molecular complexity index is 834. The number of nitrogens with zero attached hydrogens (tertiary/aromatic N) is 2. The van der Waals surface area contributed by atoms with E-state index in [2.05, 4.69) is 22.5 Å². The number of nitrogens with one attached hydrogen (secondary N) is 2. The maximum atomic E-state index is 12.7. The smallest absolute Gasteiger partial charge is 0.322 e. The Labute approximate surface area is 164 Å². The molecule has 2 fully saturated rings. The third-order valence-electron chi connectivity index (χ3n) is 5.01. The fraction of sp³-hybridized carbons (Fsp3) is 0.611. The molecule has 0 saturated carbocycles. The zero-order chi connectivity index (χ0) is 20.4. The number of aromatic nitrogens is 1. The minimum atomic E-state index is -3.70. The van der Waals surface area contributed by atoms with E-state index in [9.17, 15) is 18.0 Å². The molecule has 0 bridgehead atoms. The van der Waals surface area contributed by atoms with Crippen LogP contribution < -0.4 is 15.4 Å². The van der Waals surface area contributed by atoms with Crippen LogP contribution in [-0.4, -0.2) is 60.1 Å². The number of carbonyl (C=O) groups excluding carboxylic acids is 2. The van der Waals surface area contributed by atoms with Gasteiger partial charge in [-0.15, -0.1) is 0 Å². The van der Waals surface area contributed by atoms with Crippen LogP contribution in [0.2, 0.25) is 0 Å². The predicted octanol–water partition coefficient (Wildman–Crippen LogP) is 0.805. The van der Waals surface area contributed by atoms with Gasteiger partial charge in [0.25, 0.3) is 5.91 Å². The van der Waals surface area contributed by atoms with E-state index < -0.39 is 33.3 Å². The Hall–Kier alpha value is -2.20. The van der Waals surface area contributed by atoms with Crippen LogP contribution in [0.15, 0.2) is 18.3 Å². The lowest BCUT2D eigenvalue weighted by Crippen LogP contribution is -2.53. The highest BCUT2D eigenvalue weighted by Gasteiger charge is 2.46. The minimum absolute atomic E-state index is 0.110. The highest BCUT2D eigenvalue weighted by Crippen LogP contribution is 2.22. The predicted molar refractivity (Wildman–Crippen MR) is 102 cm³/mol. The van der Waals surface area contributed by atoms with Gasteiger partial charge in [0, 0.05) is 25.4 Å². The molecule has 2 aliphatic rings. The first-order valence-electron chi connectivity index (χ1n) is 9.45. The highest BCUT2D eigenvalue weighted by atomic mass is 32.2. The summed E-state index contributed by atoms with van der Waals surface area (Å²) in [7, 11) is -3.70. The number of ether oxygens (including phenoxy) is 1. The van der Waals surface area contributed by atoms with Gasteiger partial charge in [0.15, 0.2) is 0 Å². The summed E-state index contributed by atoms with van der Waals surface area (Å²) in [6.45, 7) is 4.12. The fourth-order valence-corrected chi connectivity index (χ4v) is 5.34. The molecule has 0 aliphatic carbocycles. The van der Waals surface area contributed by atoms with Crippen LogP contribution in [0.3, 0.4) is 0 Å². The topological polar surface area (TPSA) is 118 Å². The van der Waals surface area contributed by atoms with Crippen LogP contribution in [0.25, 0.3) is 0 Å². The lowest BCUT2D eigenvalue weighted by molar-refractivity contribution is -0.122. The van der Waals surface area contributed by atoms with Gasteiger partial charge in [-0.25, -0.2) is 22.5 Å². The molecular formula is C18H26N4O5S. The number of carbonyl (C=O) groups is 2. The summed E-state index contributed by atoms with van der Waals surface area (Å²) in [5.74, 6) is -0.556. The van der Waals surface area contributed by atoms with E-state index >= 15 is 0 Å². The molecule has 3 rings (SSSR count). The summed E-state index contributed by atoms with van der Waals surface area (Å²) in [4.78, 5) is 27.5. The van der Waals surface area contributed by atoms with Gasteiger partial charge in [-0.1, -0.05) is 19.4 Å². The summed E-state index contributed by atoms with van der Waals surface area (Å²) in [6.07, 6.45) is 4.79. The Morgan fingerprint density at radius 3 is 2.54 bits per heavy atom. The zero-order valence-electron chi connectivity index (χ0n) is 16.1. The van der Waals surface area contributed by atoms with Crippen molar-refractivity contribution in [1.82, 2.24) is 19.9 Å². The Morgan fingerprint density at radius 2 is 2.00 bits per heavy atom. The second-order valence-corrected chi connectivity index (χ2v) is 9.44. The van der Waals surface area contributed by atoms with Gasteiger partial charge in [0.1, 0.15) is 11.6 Å². The maximum absolute atomic E-state index is 12.7. The summed E-state index contributed by atoms with van der Waals surface area (Å²) in [5, 5.41) is 4.47. The second kappa shape index (κ2) is 8.04. The Kier molecular flexibility index (Phi) is 5.90. The van der Waals surface area contributed by atoms with Gasteiger partial charge < -0.3 is 10.1 Å². The largest absolute Gasteiger partial charge is 0.474 e. The van der Waals surface area contributed by atoms with Gasteiger partial charge in [-0.2, -0.15) is 0 Å². The molecule has 1 aromatic rings. The van der Waals surface area contributed by atoms with E-state index in [1.807, 2.05) is 12.1 Å². The van der Waals surface area contributed by atoms with Crippen LogP contribution in [0.4, 0.5) is 4.79 Å². The van der Waals surface area contributed by atoms with E-state index in [1.54, 1.807) is 6.20 Å². The SMILES string of the molecule is CCCc1ccc(OC2CCN(S(=O)(=O)C[C@@]3(C)NC(=O)NC3=O)CC2)nc1. The van der Waals surface area contributed by atoms with Crippen molar-refractivity contribution >= 4 is 22.0 Å². The molecule has 0 radical (unpaired) electrons. The zero-order valence-corrected chi connectivity index (χ0v) is 16.9. The van der Waals surface area contributed by atoms with E-state index in [1.165, 1.54) is 11.2 Å². The number of aryl methyl sites for hydroxylation is 1. The Balaban J connectivity index is 1.54. The first kappa shape index (κ1) is 20.5. The van der Waals surface area contributed by atoms with Gasteiger partial charge in [-0.05, 0) is 31.7 Å². The van der Waals surface area contributed by atoms with Crippen molar-refractivity contribution in [3.8, 4) is 5.88 Å². The van der Waals surface area contributed by atoms with E-state index in [-0.39, 0.29) is 6.10 Å². The van der Waals surface area contributed by atoms with Crippen molar-refractivity contribution in [2.75, 3.05) is 18.8 Å². The number of rotatable bonds is 7. The lowest BCUT2D eigenvalue weighted by atomic mass is 10.1. The number of amides is 3. The molecule has 154 valence electrons. The summed E-state index contributed by atoms with van der Waals surface area (Å²) in [6, 6.07) is 3.16. The van der Waals surface area contributed by atoms with Gasteiger partial charge in [-0.3, -0.25) is 10.1 Å². The number of piperidine rings is 1. The normalized spacial score (nSPS) is 24.1. The number of pyridine rings is 1. The molecule has 1 aromatic heterocycles. The minimum Gasteiger partial charge on any atom is -0.474 e. The molecule has 3 heterocycles. The van der Waals surface area contributed by atoms with Crippen molar-refractivity contribution in [3.05, 3.63) is 23.9 Å². The quantitative estimate of drug-likeness (QED) is 0.642. The molecule has 0 aromatic carbocycles. The number of sulfonamides is 1. The number of urea groups is 1. The summed E-state index contributed by atoms with van der Waals surface area (Å²) >= 11 is 0. The van der Waals surface area contributed by atoms with E-state index in [4.69, 9.17) is 4.74 Å². The van der Waals surface area contributed by atoms with Crippen molar-refractivity contribution in [2.45, 2.75) is 51.2 Å². The third kappa shape index (κ3) is 4.61. The van der Waals surface area contributed by atoms with Crippen molar-refractivity contribution < 1.29 is 22.7 Å². The van der Waals surface area contributed by atoms with Crippen LogP contribution >= 0.6 is 0 Å². The fourth-order valence-electron chi connectivity index (χ4n) is 3.45. The molecule has 0 spiro atoms. The second-order valence-electron chi connectivity index (χ2n) is 7.47. The average molecular weight is 410 g/mol. The first-order valence-corrected chi connectivity index (χ1v) is 11.1. The average Bonchev–Trinajstić information content (AvgIpc) is 2.88. The highest BCUT2D eigenvalue weighted by molar-refractivity contribution is 7.89. The van der Waals surface area contributed by atoms with Crippen LogP contribution in [-0.2, 0) is 21.2 Å². The van der Waals surface area contributed by atoms with E-state index in [0.717, 1.165) is 18.4 Å². The molecule has 1 atom stereocenters. The van der Waals surface area contributed by atoms with Gasteiger partial charge in [0.05, 0.1) is 5.75 Å². The number of imide groups is 1. The third-order valence-corrected chi connectivity index (χ3v) is 7.10. The van der Waals surface area contributed by atoms with Crippen LogP contribution in [0.5, 0.6) is 5.88 Å². The number of hydrogen-bond acceptors (Lipinski definition) is 6. The van der Waals surface area contributed by atoms with Crippen LogP contribution in [0.1, 0.15) is 38.7 Å². The molecule has 9 nitrogen and oxygen atoms in total. The lowest BCUT2D eigenvalue weighted by Gasteiger charge is -2.33. The first-order chi connectivity index (χ1) is 13.2. The molecule has 28 heavy (non-hydrogen) atoms. The van der Waals surface area contributed by atoms with Crippen molar-refractivity contribution in [2.24, 2.45) is 0 Å². The standard InChI is InChI=1S/C18H26N4O5S/c1-3-4-13-5-6-15(19-11-13)27-14-7-9-22(10-8-14)28(25,26)12-18(2)16(23)20-17(24)21-18/h5-6,11,14H,3-4,7-10,12H2,1-2H3,(H2,20,21,23,24)/t18-/m1/s1. The molecular weight excluding hydrogens is 384 g/mol. The molecule has 10 heteroatoms. The van der Waals surface area contributed by atoms with E-state index in [0.29, 0.717) is 31.8 Å². The maximum Gasteiger partial charge on any atom is 0.322 e.